The van der Waals surface area contributed by atoms with E-state index in [2.05, 4.69) is 19.9 Å². The minimum absolute atomic E-state index is 0.302. The number of aromatic nitrogens is 4. The van der Waals surface area contributed by atoms with Crippen molar-refractivity contribution in [2.75, 3.05) is 0 Å². The van der Waals surface area contributed by atoms with Crippen LogP contribution in [0.2, 0.25) is 0 Å². The monoisotopic (exact) mass is 406 g/mol. The number of ether oxygens (including phenoxy) is 2. The van der Waals surface area contributed by atoms with Crippen LogP contribution in [0.4, 0.5) is 0 Å². The number of carbonyl (C=O) groups is 2. The highest BCUT2D eigenvalue weighted by molar-refractivity contribution is 5.72. The number of rotatable bonds is 8. The van der Waals surface area contributed by atoms with E-state index in [-0.39, 0.29) is 11.9 Å². The molecule has 0 bridgehead atoms. The molecule has 0 unspecified atom stereocenters. The van der Waals surface area contributed by atoms with Gasteiger partial charge in [-0.1, -0.05) is 38.1 Å². The Hall–Kier alpha value is -3.68. The van der Waals surface area contributed by atoms with Crippen LogP contribution >= 0.6 is 0 Å². The minimum Gasteiger partial charge on any atom is -0.423 e. The molecule has 0 aliphatic heterocycles. The van der Waals surface area contributed by atoms with Crippen molar-refractivity contribution in [1.82, 2.24) is 19.9 Å². The van der Waals surface area contributed by atoms with Crippen LogP contribution in [0.1, 0.15) is 39.5 Å². The predicted octanol–water partition coefficient (Wildman–Crippen LogP) is 4.01. The van der Waals surface area contributed by atoms with Crippen molar-refractivity contribution in [1.29, 1.82) is 0 Å². The molecule has 0 atom stereocenters. The fourth-order valence-corrected chi connectivity index (χ4v) is 2.58. The molecular formula is C22H22N4O4. The third-order valence-corrected chi connectivity index (χ3v) is 4.03. The van der Waals surface area contributed by atoms with Gasteiger partial charge in [-0.3, -0.25) is 9.59 Å². The van der Waals surface area contributed by atoms with Crippen LogP contribution in [-0.4, -0.2) is 31.9 Å². The Balaban J connectivity index is 1.66. The topological polar surface area (TPSA) is 104 Å². The molecule has 0 fully saturated rings. The van der Waals surface area contributed by atoms with Gasteiger partial charge in [0, 0.05) is 24.0 Å². The summed E-state index contributed by atoms with van der Waals surface area (Å²) < 4.78 is 10.3. The zero-order valence-electron chi connectivity index (χ0n) is 16.9. The molecule has 3 aromatic rings. The van der Waals surface area contributed by atoms with Crippen LogP contribution in [0.15, 0.2) is 49.1 Å². The summed E-state index contributed by atoms with van der Waals surface area (Å²) in [6.45, 7) is 3.82. The van der Waals surface area contributed by atoms with E-state index in [4.69, 9.17) is 9.47 Å². The van der Waals surface area contributed by atoms with Gasteiger partial charge in [0.2, 0.25) is 0 Å². The van der Waals surface area contributed by atoms with Gasteiger partial charge in [-0.25, -0.2) is 19.9 Å². The van der Waals surface area contributed by atoms with Crippen LogP contribution in [0.3, 0.4) is 0 Å². The summed E-state index contributed by atoms with van der Waals surface area (Å²) in [6.07, 6.45) is 8.07. The van der Waals surface area contributed by atoms with E-state index < -0.39 is 0 Å². The fourth-order valence-electron chi connectivity index (χ4n) is 2.58. The van der Waals surface area contributed by atoms with Crippen molar-refractivity contribution < 1.29 is 19.1 Å². The Morgan fingerprint density at radius 1 is 0.667 bits per heavy atom. The molecule has 0 amide bonds. The molecule has 1 aromatic carbocycles. The molecule has 8 heteroatoms. The summed E-state index contributed by atoms with van der Waals surface area (Å²) >= 11 is 0. The Morgan fingerprint density at radius 2 is 1.00 bits per heavy atom. The zero-order chi connectivity index (χ0) is 21.3. The van der Waals surface area contributed by atoms with Gasteiger partial charge < -0.3 is 9.47 Å². The van der Waals surface area contributed by atoms with Crippen LogP contribution in [0.5, 0.6) is 11.5 Å². The largest absolute Gasteiger partial charge is 0.423 e. The number of hydrogen-bond donors (Lipinski definition) is 0. The molecule has 2 aromatic heterocycles. The van der Waals surface area contributed by atoms with Crippen molar-refractivity contribution in [3.05, 3.63) is 49.1 Å². The number of nitrogens with zero attached hydrogens (tertiary/aromatic N) is 4. The van der Waals surface area contributed by atoms with Crippen molar-refractivity contribution in [3.63, 3.8) is 0 Å². The smallest absolute Gasteiger partial charge is 0.311 e. The van der Waals surface area contributed by atoms with Crippen LogP contribution in [-0.2, 0) is 9.59 Å². The Kier molecular flexibility index (Phi) is 7.15. The third kappa shape index (κ3) is 5.66. The van der Waals surface area contributed by atoms with Gasteiger partial charge in [0.05, 0.1) is 24.8 Å². The van der Waals surface area contributed by atoms with Crippen molar-refractivity contribution in [2.24, 2.45) is 0 Å². The maximum absolute atomic E-state index is 11.5. The molecule has 0 aliphatic carbocycles. The zero-order valence-corrected chi connectivity index (χ0v) is 16.9. The van der Waals surface area contributed by atoms with E-state index in [1.54, 1.807) is 0 Å². The first kappa shape index (κ1) is 21.0. The lowest BCUT2D eigenvalue weighted by atomic mass is 10.1. The molecule has 0 spiro atoms. The molecule has 154 valence electrons. The summed E-state index contributed by atoms with van der Waals surface area (Å²) in [7, 11) is 0. The maximum atomic E-state index is 11.5. The van der Waals surface area contributed by atoms with Gasteiger partial charge >= 0.3 is 11.9 Å². The summed E-state index contributed by atoms with van der Waals surface area (Å²) in [5, 5.41) is 0. The van der Waals surface area contributed by atoms with E-state index in [1.165, 1.54) is 24.8 Å². The van der Waals surface area contributed by atoms with Gasteiger partial charge in [-0.15, -0.1) is 0 Å². The highest BCUT2D eigenvalue weighted by Crippen LogP contribution is 2.22. The Bertz CT molecular complexity index is 905. The molecule has 2 heterocycles. The third-order valence-electron chi connectivity index (χ3n) is 4.03. The summed E-state index contributed by atoms with van der Waals surface area (Å²) in [5.74, 6) is 1.06. The Labute approximate surface area is 174 Å². The Morgan fingerprint density at radius 3 is 1.30 bits per heavy atom. The van der Waals surface area contributed by atoms with E-state index in [1.807, 2.05) is 38.1 Å². The summed E-state index contributed by atoms with van der Waals surface area (Å²) in [4.78, 5) is 40.1. The molecule has 3 rings (SSSR count). The van der Waals surface area contributed by atoms with Gasteiger partial charge in [-0.2, -0.15) is 0 Å². The molecule has 30 heavy (non-hydrogen) atoms. The van der Waals surface area contributed by atoms with Crippen molar-refractivity contribution >= 4 is 11.9 Å². The van der Waals surface area contributed by atoms with Crippen LogP contribution < -0.4 is 9.47 Å². The van der Waals surface area contributed by atoms with Gasteiger partial charge in [0.25, 0.3) is 0 Å². The minimum atomic E-state index is -0.302. The lowest BCUT2D eigenvalue weighted by molar-refractivity contribution is -0.135. The normalized spacial score (nSPS) is 10.5. The predicted molar refractivity (Wildman–Crippen MR) is 110 cm³/mol. The quantitative estimate of drug-likeness (QED) is 0.517. The average molecular weight is 406 g/mol. The van der Waals surface area contributed by atoms with Crippen molar-refractivity contribution in [2.45, 2.75) is 39.5 Å². The fraction of sp³-hybridized carbons (Fsp3) is 0.273. The van der Waals surface area contributed by atoms with Crippen LogP contribution in [0, 0.1) is 0 Å². The highest BCUT2D eigenvalue weighted by Gasteiger charge is 2.09. The van der Waals surface area contributed by atoms with Gasteiger partial charge in [-0.05, 0) is 12.8 Å². The number of hydrogen-bond acceptors (Lipinski definition) is 8. The number of carbonyl (C=O) groups excluding carboxylic acids is 2. The molecule has 0 aliphatic rings. The summed E-state index contributed by atoms with van der Waals surface area (Å²) in [6, 6.07) is 7.41. The first-order valence-electron chi connectivity index (χ1n) is 9.75. The molecule has 0 N–H and O–H groups in total. The molecule has 8 nitrogen and oxygen atoms in total. The lowest BCUT2D eigenvalue weighted by Crippen LogP contribution is -2.07. The van der Waals surface area contributed by atoms with Crippen molar-refractivity contribution in [3.8, 4) is 34.3 Å². The molecule has 0 saturated carbocycles. The van der Waals surface area contributed by atoms with E-state index in [9.17, 15) is 9.59 Å². The van der Waals surface area contributed by atoms with E-state index in [0.29, 0.717) is 36.0 Å². The first-order chi connectivity index (χ1) is 14.6. The average Bonchev–Trinajstić information content (AvgIpc) is 2.75. The van der Waals surface area contributed by atoms with Gasteiger partial charge in [0.15, 0.2) is 23.1 Å². The SMILES string of the molecule is CCCC(=O)Oc1cnc(-c2ccc(-c3ncc(OC(=O)CCC)cn3)cc2)nc1. The summed E-state index contributed by atoms with van der Waals surface area (Å²) in [5.41, 5.74) is 1.60. The standard InChI is InChI=1S/C22H22N4O4/c1-3-5-19(27)29-17-11-23-21(24-12-17)15-7-9-16(10-8-15)22-25-13-18(14-26-22)30-20(28)6-4-2/h7-14H,3-6H2,1-2H3. The first-order valence-corrected chi connectivity index (χ1v) is 9.75. The number of benzene rings is 1. The van der Waals surface area contributed by atoms with E-state index in [0.717, 1.165) is 24.0 Å². The van der Waals surface area contributed by atoms with Crippen LogP contribution in [0.25, 0.3) is 22.8 Å². The van der Waals surface area contributed by atoms with Gasteiger partial charge in [0.1, 0.15) is 0 Å². The molecule has 0 saturated heterocycles. The number of esters is 2. The second-order valence-electron chi connectivity index (χ2n) is 6.51. The highest BCUT2D eigenvalue weighted by atomic mass is 16.5. The maximum Gasteiger partial charge on any atom is 0.311 e. The molecule has 0 radical (unpaired) electrons. The second kappa shape index (κ2) is 10.2. The lowest BCUT2D eigenvalue weighted by Gasteiger charge is -2.06. The van der Waals surface area contributed by atoms with E-state index >= 15 is 0 Å². The molecular weight excluding hydrogens is 384 g/mol. The second-order valence-corrected chi connectivity index (χ2v) is 6.51.